The van der Waals surface area contributed by atoms with Gasteiger partial charge in [0.05, 0.1) is 0 Å². The van der Waals surface area contributed by atoms with Crippen molar-refractivity contribution < 1.29 is 9.18 Å². The number of amides is 2. The molecular weight excluding hydrogens is 365 g/mol. The van der Waals surface area contributed by atoms with E-state index < -0.39 is 0 Å². The van der Waals surface area contributed by atoms with Crippen LogP contribution < -0.4 is 10.6 Å². The van der Waals surface area contributed by atoms with Crippen molar-refractivity contribution in [1.29, 1.82) is 0 Å². The molecule has 0 aliphatic carbocycles. The maximum atomic E-state index is 13.2. The molecule has 0 saturated carbocycles. The van der Waals surface area contributed by atoms with Crippen LogP contribution in [0.3, 0.4) is 0 Å². The number of anilines is 1. The number of piperidine rings is 1. The second kappa shape index (κ2) is 8.90. The molecule has 0 radical (unpaired) electrons. The summed E-state index contributed by atoms with van der Waals surface area (Å²) in [6, 6.07) is 11.4. The molecule has 2 N–H and O–H groups in total. The molecule has 140 valence electrons. The Hall–Kier alpha value is -2.55. The minimum absolute atomic E-state index is 0.0359. The normalized spacial score (nSPS) is 17.1. The van der Waals surface area contributed by atoms with Crippen molar-refractivity contribution in [2.24, 2.45) is 0 Å². The molecule has 1 atom stereocenters. The van der Waals surface area contributed by atoms with E-state index >= 15 is 0 Å². The largest absolute Gasteiger partial charge is 0.334 e. The number of benzene rings is 2. The van der Waals surface area contributed by atoms with Crippen LogP contribution in [0.2, 0.25) is 5.02 Å². The number of carbonyl (C=O) groups excluding carboxylic acids is 1. The molecule has 27 heavy (non-hydrogen) atoms. The average molecular weight is 386 g/mol. The predicted octanol–water partition coefficient (Wildman–Crippen LogP) is 4.25. The van der Waals surface area contributed by atoms with Crippen molar-refractivity contribution in [3.05, 3.63) is 64.4 Å². The van der Waals surface area contributed by atoms with E-state index in [1.807, 2.05) is 6.07 Å². The Kier molecular flexibility index (Phi) is 6.33. The SMILES string of the molecule is C#Cc1cccc(NC(=O)N[C@H]2CCCN(Cc3ccc(F)cc3Cl)C2)c1. The van der Waals surface area contributed by atoms with E-state index in [-0.39, 0.29) is 17.9 Å². The molecule has 0 bridgehead atoms. The Labute approximate surface area is 163 Å². The van der Waals surface area contributed by atoms with Gasteiger partial charge >= 0.3 is 6.03 Å². The van der Waals surface area contributed by atoms with Crippen LogP contribution in [0, 0.1) is 18.2 Å². The molecular formula is C21H21ClFN3O. The molecule has 1 fully saturated rings. The Morgan fingerprint density at radius 3 is 2.96 bits per heavy atom. The van der Waals surface area contributed by atoms with E-state index in [4.69, 9.17) is 18.0 Å². The Bertz CT molecular complexity index is 865. The zero-order valence-corrected chi connectivity index (χ0v) is 15.6. The van der Waals surface area contributed by atoms with Gasteiger partial charge in [0.1, 0.15) is 5.82 Å². The maximum Gasteiger partial charge on any atom is 0.319 e. The molecule has 2 aromatic rings. The summed E-state index contributed by atoms with van der Waals surface area (Å²) in [4.78, 5) is 14.5. The lowest BCUT2D eigenvalue weighted by Gasteiger charge is -2.33. The van der Waals surface area contributed by atoms with E-state index in [1.165, 1.54) is 12.1 Å². The van der Waals surface area contributed by atoms with Gasteiger partial charge in [0.15, 0.2) is 0 Å². The molecule has 2 amide bonds. The first-order valence-corrected chi connectivity index (χ1v) is 9.22. The Balaban J connectivity index is 1.54. The molecule has 0 spiro atoms. The third kappa shape index (κ3) is 5.46. The monoisotopic (exact) mass is 385 g/mol. The van der Waals surface area contributed by atoms with E-state index in [9.17, 15) is 9.18 Å². The molecule has 0 unspecified atom stereocenters. The summed E-state index contributed by atoms with van der Waals surface area (Å²) in [5.74, 6) is 2.21. The van der Waals surface area contributed by atoms with Crippen molar-refractivity contribution in [1.82, 2.24) is 10.2 Å². The van der Waals surface area contributed by atoms with Gasteiger partial charge in [0, 0.05) is 35.4 Å². The van der Waals surface area contributed by atoms with Crippen molar-refractivity contribution in [3.8, 4) is 12.3 Å². The molecule has 0 aromatic heterocycles. The van der Waals surface area contributed by atoms with Gasteiger partial charge in [-0.3, -0.25) is 4.90 Å². The van der Waals surface area contributed by atoms with E-state index in [1.54, 1.807) is 24.3 Å². The van der Waals surface area contributed by atoms with E-state index in [2.05, 4.69) is 21.5 Å². The van der Waals surface area contributed by atoms with Crippen LogP contribution >= 0.6 is 11.6 Å². The summed E-state index contributed by atoms with van der Waals surface area (Å²) in [7, 11) is 0. The van der Waals surface area contributed by atoms with Crippen LogP contribution in [0.25, 0.3) is 0 Å². The number of urea groups is 1. The van der Waals surface area contributed by atoms with Crippen molar-refractivity contribution in [2.75, 3.05) is 18.4 Å². The predicted molar refractivity (Wildman–Crippen MR) is 106 cm³/mol. The molecule has 1 saturated heterocycles. The van der Waals surface area contributed by atoms with Gasteiger partial charge in [-0.2, -0.15) is 0 Å². The average Bonchev–Trinajstić information content (AvgIpc) is 2.64. The fourth-order valence-corrected chi connectivity index (χ4v) is 3.47. The number of halogens is 2. The van der Waals surface area contributed by atoms with Gasteiger partial charge in [0.2, 0.25) is 0 Å². The molecule has 6 heteroatoms. The zero-order valence-electron chi connectivity index (χ0n) is 14.8. The van der Waals surface area contributed by atoms with Gasteiger partial charge in [-0.15, -0.1) is 6.42 Å². The number of nitrogens with zero attached hydrogens (tertiary/aromatic N) is 1. The van der Waals surface area contributed by atoms with E-state index in [0.29, 0.717) is 29.4 Å². The standard InChI is InChI=1S/C21H21ClFN3O/c1-2-15-5-3-6-18(11-15)24-21(27)25-19-7-4-10-26(14-19)13-16-8-9-17(23)12-20(16)22/h1,3,5-6,8-9,11-12,19H,4,7,10,13-14H2,(H2,24,25,27)/t19-/m0/s1. The summed E-state index contributed by atoms with van der Waals surface area (Å²) in [6.07, 6.45) is 7.26. The van der Waals surface area contributed by atoms with Gasteiger partial charge in [-0.1, -0.05) is 29.7 Å². The first-order valence-electron chi connectivity index (χ1n) is 8.84. The molecule has 1 heterocycles. The van der Waals surface area contributed by atoms with Crippen molar-refractivity contribution in [2.45, 2.75) is 25.4 Å². The van der Waals surface area contributed by atoms with Crippen LogP contribution in [0.15, 0.2) is 42.5 Å². The lowest BCUT2D eigenvalue weighted by atomic mass is 10.0. The lowest BCUT2D eigenvalue weighted by molar-refractivity contribution is 0.183. The van der Waals surface area contributed by atoms with E-state index in [0.717, 1.165) is 24.9 Å². The van der Waals surface area contributed by atoms with Crippen molar-refractivity contribution in [3.63, 3.8) is 0 Å². The number of nitrogens with one attached hydrogen (secondary N) is 2. The van der Waals surface area contributed by atoms with Crippen LogP contribution in [-0.4, -0.2) is 30.1 Å². The number of hydrogen-bond acceptors (Lipinski definition) is 2. The number of rotatable bonds is 4. The van der Waals surface area contributed by atoms with Gasteiger partial charge in [-0.05, 0) is 55.3 Å². The maximum absolute atomic E-state index is 13.2. The van der Waals surface area contributed by atoms with Gasteiger partial charge in [0.25, 0.3) is 0 Å². The first-order chi connectivity index (χ1) is 13.0. The number of hydrogen-bond donors (Lipinski definition) is 2. The quantitative estimate of drug-likeness (QED) is 0.773. The molecule has 3 rings (SSSR count). The van der Waals surface area contributed by atoms with Crippen LogP contribution in [0.5, 0.6) is 0 Å². The minimum atomic E-state index is -0.340. The summed E-state index contributed by atoms with van der Waals surface area (Å²) in [5, 5.41) is 6.25. The Morgan fingerprint density at radius 2 is 2.19 bits per heavy atom. The molecule has 4 nitrogen and oxygen atoms in total. The summed E-state index contributed by atoms with van der Waals surface area (Å²) < 4.78 is 13.2. The highest BCUT2D eigenvalue weighted by Gasteiger charge is 2.22. The highest BCUT2D eigenvalue weighted by atomic mass is 35.5. The summed E-state index contributed by atoms with van der Waals surface area (Å²) >= 11 is 6.12. The zero-order chi connectivity index (χ0) is 19.2. The number of carbonyl (C=O) groups is 1. The third-order valence-electron chi connectivity index (χ3n) is 4.54. The first kappa shape index (κ1) is 19.2. The fourth-order valence-electron chi connectivity index (χ4n) is 3.25. The minimum Gasteiger partial charge on any atom is -0.334 e. The summed E-state index contributed by atoms with van der Waals surface area (Å²) in [5.41, 5.74) is 2.26. The van der Waals surface area contributed by atoms with Gasteiger partial charge in [-0.25, -0.2) is 9.18 Å². The fraction of sp³-hybridized carbons (Fsp3) is 0.286. The topological polar surface area (TPSA) is 44.4 Å². The van der Waals surface area contributed by atoms with Crippen LogP contribution in [0.4, 0.5) is 14.9 Å². The molecule has 2 aromatic carbocycles. The van der Waals surface area contributed by atoms with Crippen LogP contribution in [-0.2, 0) is 6.54 Å². The second-order valence-corrected chi connectivity index (χ2v) is 7.04. The third-order valence-corrected chi connectivity index (χ3v) is 4.89. The molecule has 1 aliphatic rings. The number of terminal acetylenes is 1. The highest BCUT2D eigenvalue weighted by molar-refractivity contribution is 6.31. The summed E-state index contributed by atoms with van der Waals surface area (Å²) in [6.45, 7) is 2.26. The van der Waals surface area contributed by atoms with Crippen LogP contribution in [0.1, 0.15) is 24.0 Å². The number of likely N-dealkylation sites (tertiary alicyclic amines) is 1. The van der Waals surface area contributed by atoms with Crippen molar-refractivity contribution >= 4 is 23.3 Å². The lowest BCUT2D eigenvalue weighted by Crippen LogP contribution is -2.48. The Morgan fingerprint density at radius 1 is 1.33 bits per heavy atom. The molecule has 1 aliphatic heterocycles. The smallest absolute Gasteiger partial charge is 0.319 e. The van der Waals surface area contributed by atoms with Gasteiger partial charge < -0.3 is 10.6 Å². The second-order valence-electron chi connectivity index (χ2n) is 6.63. The highest BCUT2D eigenvalue weighted by Crippen LogP contribution is 2.21.